The number of benzene rings is 3. The highest BCUT2D eigenvalue weighted by atomic mass is 32.1. The summed E-state index contributed by atoms with van der Waals surface area (Å²) in [5.74, 6) is 12.7. The molecule has 3 unspecified atom stereocenters. The third-order valence-electron chi connectivity index (χ3n) is 11.1. The number of aromatic amines is 2. The molecule has 4 N–H and O–H groups in total. The van der Waals surface area contributed by atoms with E-state index in [1.165, 1.54) is 14.2 Å². The summed E-state index contributed by atoms with van der Waals surface area (Å²) in [5.41, 5.74) is 5.56. The van der Waals surface area contributed by atoms with E-state index in [0.717, 1.165) is 52.1 Å². The Kier molecular flexibility index (Phi) is 13.6. The Morgan fingerprint density at radius 1 is 0.742 bits per heavy atom. The van der Waals surface area contributed by atoms with Crippen LogP contribution < -0.4 is 10.6 Å². The molecular formula is C47H48N8O6S. The maximum absolute atomic E-state index is 13.8. The van der Waals surface area contributed by atoms with Gasteiger partial charge in [0.25, 0.3) is 5.91 Å². The van der Waals surface area contributed by atoms with Crippen LogP contribution in [0.4, 0.5) is 9.59 Å². The van der Waals surface area contributed by atoms with Crippen molar-refractivity contribution in [2.75, 3.05) is 27.3 Å². The van der Waals surface area contributed by atoms with Crippen molar-refractivity contribution in [3.8, 4) is 46.1 Å². The first-order valence-corrected chi connectivity index (χ1v) is 20.9. The molecule has 0 radical (unpaired) electrons. The maximum Gasteiger partial charge on any atom is 0.407 e. The molecule has 2 saturated heterocycles. The van der Waals surface area contributed by atoms with Crippen molar-refractivity contribution in [1.29, 1.82) is 0 Å². The number of H-pyrrole nitrogens is 2. The van der Waals surface area contributed by atoms with Crippen molar-refractivity contribution in [3.05, 3.63) is 114 Å². The summed E-state index contributed by atoms with van der Waals surface area (Å²) in [7, 11) is 2.55. The minimum atomic E-state index is -0.901. The molecule has 4 heterocycles. The molecule has 0 aliphatic carbocycles. The lowest BCUT2D eigenvalue weighted by molar-refractivity contribution is -0.135. The van der Waals surface area contributed by atoms with Crippen molar-refractivity contribution >= 4 is 36.6 Å². The molecule has 4 atom stereocenters. The molecule has 0 saturated carbocycles. The van der Waals surface area contributed by atoms with Gasteiger partial charge in [0.05, 0.1) is 44.4 Å². The number of rotatable bonds is 10. The van der Waals surface area contributed by atoms with Gasteiger partial charge in [-0.15, -0.1) is 12.6 Å². The number of nitrogens with one attached hydrogen (secondary N) is 4. The van der Waals surface area contributed by atoms with Gasteiger partial charge in [0.15, 0.2) is 0 Å². The van der Waals surface area contributed by atoms with Gasteiger partial charge in [-0.2, -0.15) is 0 Å². The average molecular weight is 853 g/mol. The van der Waals surface area contributed by atoms with Crippen LogP contribution in [-0.4, -0.2) is 87.1 Å². The number of nitrogens with zero attached hydrogens (tertiary/aromatic N) is 4. The summed E-state index contributed by atoms with van der Waals surface area (Å²) in [5, 5.41) is 5.37. The van der Waals surface area contributed by atoms with Crippen LogP contribution in [0.3, 0.4) is 0 Å². The van der Waals surface area contributed by atoms with Gasteiger partial charge in [0, 0.05) is 29.1 Å². The second-order valence-corrected chi connectivity index (χ2v) is 15.8. The first-order valence-electron chi connectivity index (χ1n) is 20.5. The number of alkyl carbamates (subject to hydrolysis) is 2. The van der Waals surface area contributed by atoms with E-state index in [1.807, 2.05) is 74.5 Å². The summed E-state index contributed by atoms with van der Waals surface area (Å²) >= 11 is 4.95. The number of likely N-dealkylation sites (tertiary alicyclic amines) is 2. The monoisotopic (exact) mass is 852 g/mol. The molecule has 4 amide bonds. The number of imidazole rings is 2. The summed E-state index contributed by atoms with van der Waals surface area (Å²) in [4.78, 5) is 71.8. The van der Waals surface area contributed by atoms with Gasteiger partial charge in [-0.25, -0.2) is 19.6 Å². The zero-order valence-corrected chi connectivity index (χ0v) is 35.8. The normalized spacial score (nSPS) is 16.7. The Hall–Kier alpha value is -6.97. The second-order valence-electron chi connectivity index (χ2n) is 15.4. The lowest BCUT2D eigenvalue weighted by atomic mass is 10.0. The standard InChI is InChI=1S/C47H48N8O6S/c1-29(2)39(52-46(58)60-3)44(56)54-25-12-20-38(54)43-49-28-36(51-43)35-18-10-17-34(41(35)62)31-23-21-30(22-24-31)13-8-9-16-33-27-48-42(50-33)37-19-11-26-55(37)45(57)40(53-47(59)61-4)32-14-6-5-7-15-32/h5-7,10,14-15,17-18,21-24,27-29,37-40,62H,11-12,19-20,25-26H2,1-4H3,(H,48,50)(H,49,51)(H,52,58)(H,53,59)/t37?,38?,39-,40?/m0/s1. The largest absolute Gasteiger partial charge is 0.453 e. The molecule has 5 aromatic rings. The fourth-order valence-electron chi connectivity index (χ4n) is 7.92. The number of ether oxygens (including phenoxy) is 2. The van der Waals surface area contributed by atoms with E-state index in [0.29, 0.717) is 42.4 Å². The van der Waals surface area contributed by atoms with Gasteiger partial charge in [0.1, 0.15) is 29.4 Å². The van der Waals surface area contributed by atoms with Gasteiger partial charge >= 0.3 is 12.2 Å². The Morgan fingerprint density at radius 2 is 1.35 bits per heavy atom. The third-order valence-corrected chi connectivity index (χ3v) is 11.6. The van der Waals surface area contributed by atoms with Crippen LogP contribution in [0, 0.1) is 29.6 Å². The molecule has 7 rings (SSSR count). The van der Waals surface area contributed by atoms with Gasteiger partial charge in [-0.05, 0) is 78.2 Å². The van der Waals surface area contributed by atoms with Gasteiger partial charge in [0.2, 0.25) is 5.91 Å². The highest BCUT2D eigenvalue weighted by Gasteiger charge is 2.38. The summed E-state index contributed by atoms with van der Waals surface area (Å²) < 4.78 is 9.56. The Morgan fingerprint density at radius 3 is 2.03 bits per heavy atom. The third kappa shape index (κ3) is 9.64. The minimum absolute atomic E-state index is 0.127. The number of hydrogen-bond donors (Lipinski definition) is 5. The van der Waals surface area contributed by atoms with E-state index in [9.17, 15) is 19.2 Å². The van der Waals surface area contributed by atoms with Crippen molar-refractivity contribution in [3.63, 3.8) is 0 Å². The van der Waals surface area contributed by atoms with E-state index in [2.05, 4.69) is 49.3 Å². The molecule has 3 aromatic carbocycles. The first kappa shape index (κ1) is 43.1. The fraction of sp³-hybridized carbons (Fsp3) is 0.319. The first-order chi connectivity index (χ1) is 30.1. The van der Waals surface area contributed by atoms with Crippen molar-refractivity contribution in [1.82, 2.24) is 40.4 Å². The lowest BCUT2D eigenvalue weighted by Gasteiger charge is -2.30. The van der Waals surface area contributed by atoms with Crippen molar-refractivity contribution in [2.45, 2.75) is 68.6 Å². The molecule has 2 aromatic heterocycles. The molecule has 14 nitrogen and oxygen atoms in total. The lowest BCUT2D eigenvalue weighted by Crippen LogP contribution is -2.51. The van der Waals surface area contributed by atoms with Crippen molar-refractivity contribution < 1.29 is 28.7 Å². The number of aromatic nitrogens is 4. The summed E-state index contributed by atoms with van der Waals surface area (Å²) in [6.45, 7) is 4.87. The number of amides is 4. The summed E-state index contributed by atoms with van der Waals surface area (Å²) in [6, 6.07) is 20.7. The van der Waals surface area contributed by atoms with Crippen LogP contribution in [0.5, 0.6) is 0 Å². The molecule has 2 fully saturated rings. The van der Waals surface area contributed by atoms with E-state index < -0.39 is 24.3 Å². The minimum Gasteiger partial charge on any atom is -0.453 e. The highest BCUT2D eigenvalue weighted by molar-refractivity contribution is 7.80. The Bertz CT molecular complexity index is 2550. The van der Waals surface area contributed by atoms with E-state index in [1.54, 1.807) is 34.3 Å². The molecule has 0 spiro atoms. The maximum atomic E-state index is 13.8. The van der Waals surface area contributed by atoms with Crippen LogP contribution in [0.15, 0.2) is 90.1 Å². The number of hydrogen-bond acceptors (Lipinski definition) is 9. The topological polar surface area (TPSA) is 175 Å². The van der Waals surface area contributed by atoms with E-state index in [4.69, 9.17) is 27.1 Å². The molecule has 62 heavy (non-hydrogen) atoms. The molecule has 2 aliphatic heterocycles. The number of methoxy groups -OCH3 is 2. The SMILES string of the molecule is COC(=O)NC(C(=O)N1CCCC1c1ncc(C#CC#Cc2ccc(-c3cccc(-c4cnc(C5CCCN5C(=O)[C@@H](NC(=O)OC)C(C)C)[nH]4)c3S)cc2)[nH]1)c1ccccc1. The molecule has 0 bridgehead atoms. The van der Waals surface area contributed by atoms with Gasteiger partial charge in [-0.1, -0.05) is 80.4 Å². The number of carbonyl (C=O) groups excluding carboxylic acids is 4. The molecule has 318 valence electrons. The van der Waals surface area contributed by atoms with E-state index in [-0.39, 0.29) is 29.8 Å². The van der Waals surface area contributed by atoms with E-state index >= 15 is 0 Å². The summed E-state index contributed by atoms with van der Waals surface area (Å²) in [6.07, 6.45) is 5.15. The van der Waals surface area contributed by atoms with Crippen LogP contribution >= 0.6 is 12.6 Å². The number of thiol groups is 1. The van der Waals surface area contributed by atoms with Gasteiger partial charge in [-0.3, -0.25) is 9.59 Å². The number of carbonyl (C=O) groups is 4. The Labute approximate surface area is 366 Å². The van der Waals surface area contributed by atoms with Crippen LogP contribution in [0.2, 0.25) is 0 Å². The molecular weight excluding hydrogens is 805 g/mol. The van der Waals surface area contributed by atoms with Crippen LogP contribution in [0.1, 0.15) is 86.1 Å². The average Bonchev–Trinajstić information content (AvgIpc) is 4.14. The zero-order valence-electron chi connectivity index (χ0n) is 34.9. The predicted molar refractivity (Wildman–Crippen MR) is 235 cm³/mol. The predicted octanol–water partition coefficient (Wildman–Crippen LogP) is 6.96. The zero-order chi connectivity index (χ0) is 43.8. The Balaban J connectivity index is 1.000. The van der Waals surface area contributed by atoms with Crippen molar-refractivity contribution in [2.24, 2.45) is 5.92 Å². The fourth-order valence-corrected chi connectivity index (χ4v) is 8.32. The van der Waals surface area contributed by atoms with Crippen LogP contribution in [0.25, 0.3) is 22.4 Å². The van der Waals surface area contributed by atoms with Gasteiger partial charge < -0.3 is 39.9 Å². The second kappa shape index (κ2) is 19.6. The highest BCUT2D eigenvalue weighted by Crippen LogP contribution is 2.37. The molecule has 15 heteroatoms. The van der Waals surface area contributed by atoms with Crippen LogP contribution in [-0.2, 0) is 19.1 Å². The quantitative estimate of drug-likeness (QED) is 0.0741. The smallest absolute Gasteiger partial charge is 0.407 e. The molecule has 2 aliphatic rings.